The Balaban J connectivity index is 1.25. The summed E-state index contributed by atoms with van der Waals surface area (Å²) in [5.41, 5.74) is 1.04. The largest absolute Gasteiger partial charge is 0.399 e. The van der Waals surface area contributed by atoms with Gasteiger partial charge in [-0.05, 0) is 61.3 Å². The zero-order valence-corrected chi connectivity index (χ0v) is 29.3. The smallest absolute Gasteiger partial charge is 0.283 e. The highest BCUT2D eigenvalue weighted by Crippen LogP contribution is 2.29. The Morgan fingerprint density at radius 1 is 0.854 bits per heavy atom. The van der Waals surface area contributed by atoms with Crippen LogP contribution in [-0.2, 0) is 35.1 Å². The van der Waals surface area contributed by atoms with Crippen molar-refractivity contribution in [2.24, 2.45) is 0 Å². The van der Waals surface area contributed by atoms with Gasteiger partial charge in [0.05, 0.1) is 41.4 Å². The highest BCUT2D eigenvalue weighted by molar-refractivity contribution is 7.90. The minimum absolute atomic E-state index is 0.206. The third-order valence-electron chi connectivity index (χ3n) is 8.25. The molecule has 1 radical (unpaired) electrons. The van der Waals surface area contributed by atoms with Crippen molar-refractivity contribution in [3.8, 4) is 0 Å². The molecule has 48 heavy (non-hydrogen) atoms. The maximum absolute atomic E-state index is 13.6. The van der Waals surface area contributed by atoms with Crippen molar-refractivity contribution in [2.75, 3.05) is 13.2 Å². The summed E-state index contributed by atoms with van der Waals surface area (Å²) in [6.45, 7) is 6.34. The second-order valence-corrected chi connectivity index (χ2v) is 16.8. The van der Waals surface area contributed by atoms with Crippen molar-refractivity contribution in [2.45, 2.75) is 68.7 Å². The number of fused-ring (bicyclic) bond motifs is 1. The Hall–Kier alpha value is -3.61. The molecule has 0 amide bonds. The zero-order chi connectivity index (χ0) is 33.7. The van der Waals surface area contributed by atoms with Gasteiger partial charge < -0.3 is 23.7 Å². The summed E-state index contributed by atoms with van der Waals surface area (Å²) < 4.78 is 54.3. The minimum atomic E-state index is -3.80. The Bertz CT molecular complexity index is 1840. The molecule has 0 saturated carbocycles. The van der Waals surface area contributed by atoms with Crippen LogP contribution in [0.25, 0.3) is 10.9 Å². The van der Waals surface area contributed by atoms with Gasteiger partial charge in [0.25, 0.3) is 19.1 Å². The van der Waals surface area contributed by atoms with Crippen LogP contribution in [0.3, 0.4) is 0 Å². The number of rotatable bonds is 12. The molecule has 10 heteroatoms. The number of nitrogens with zero attached hydrogens (tertiary/aromatic N) is 1. The van der Waals surface area contributed by atoms with E-state index in [0.29, 0.717) is 18.4 Å². The number of ether oxygens (including phenoxy) is 3. The van der Waals surface area contributed by atoms with Crippen molar-refractivity contribution in [3.05, 3.63) is 127 Å². The van der Waals surface area contributed by atoms with Crippen LogP contribution in [0.1, 0.15) is 32.8 Å². The second kappa shape index (κ2) is 14.9. The normalized spacial score (nSPS) is 20.4. The summed E-state index contributed by atoms with van der Waals surface area (Å²) in [7, 11) is -5.53. The number of aliphatic hydroxyl groups excluding tert-OH is 1. The van der Waals surface area contributed by atoms with Gasteiger partial charge >= 0.3 is 0 Å². The fourth-order valence-electron chi connectivity index (χ4n) is 5.82. The van der Waals surface area contributed by atoms with E-state index in [-0.39, 0.29) is 18.1 Å². The quantitative estimate of drug-likeness (QED) is 0.187. The summed E-state index contributed by atoms with van der Waals surface area (Å²) in [4.78, 5) is 0.223. The number of aromatic nitrogens is 1. The first kappa shape index (κ1) is 34.3. The fraction of sp³-hybridized carbons (Fsp3) is 0.316. The fourth-order valence-corrected chi connectivity index (χ4v) is 9.34. The van der Waals surface area contributed by atoms with Crippen LogP contribution in [0.5, 0.6) is 0 Å². The molecule has 0 unspecified atom stereocenters. The lowest BCUT2D eigenvalue weighted by Gasteiger charge is -2.41. The van der Waals surface area contributed by atoms with Crippen molar-refractivity contribution in [1.82, 2.24) is 3.97 Å². The molecule has 1 aliphatic rings. The van der Waals surface area contributed by atoms with Gasteiger partial charge in [-0.25, -0.2) is 12.4 Å². The van der Waals surface area contributed by atoms with Gasteiger partial charge in [-0.2, -0.15) is 0 Å². The maximum atomic E-state index is 13.6. The van der Waals surface area contributed by atoms with E-state index in [0.717, 1.165) is 21.3 Å². The molecule has 1 aromatic heterocycles. The summed E-state index contributed by atoms with van der Waals surface area (Å²) in [5, 5.41) is 14.2. The first-order valence-electron chi connectivity index (χ1n) is 16.2. The van der Waals surface area contributed by atoms with Crippen LogP contribution in [0, 0.1) is 0 Å². The molecule has 8 nitrogen and oxygen atoms in total. The maximum Gasteiger partial charge on any atom is 0.283 e. The van der Waals surface area contributed by atoms with E-state index in [4.69, 9.17) is 18.6 Å². The average Bonchev–Trinajstić information content (AvgIpc) is 3.47. The lowest BCUT2D eigenvalue weighted by Crippen LogP contribution is -2.56. The van der Waals surface area contributed by atoms with E-state index in [2.05, 4.69) is 24.3 Å². The van der Waals surface area contributed by atoms with Gasteiger partial charge in [-0.3, -0.25) is 0 Å². The van der Waals surface area contributed by atoms with Gasteiger partial charge in [0.1, 0.15) is 6.10 Å². The molecule has 0 bridgehead atoms. The third kappa shape index (κ3) is 7.98. The Labute approximate surface area is 284 Å². The molecule has 251 valence electrons. The molecular formula is C38H42NO7SSi. The third-order valence-corrected chi connectivity index (χ3v) is 12.2. The number of aliphatic hydroxyl groups is 1. The van der Waals surface area contributed by atoms with E-state index in [1.807, 2.05) is 81.4 Å². The Morgan fingerprint density at radius 2 is 1.44 bits per heavy atom. The zero-order valence-electron chi connectivity index (χ0n) is 27.4. The summed E-state index contributed by atoms with van der Waals surface area (Å²) in [5.74, 6) is 0. The van der Waals surface area contributed by atoms with Crippen molar-refractivity contribution < 1.29 is 32.2 Å². The molecule has 5 aromatic rings. The summed E-state index contributed by atoms with van der Waals surface area (Å²) >= 11 is 0. The van der Waals surface area contributed by atoms with Gasteiger partial charge in [-0.15, -0.1) is 0 Å². The predicted molar refractivity (Wildman–Crippen MR) is 188 cm³/mol. The molecule has 1 fully saturated rings. The number of para-hydroxylation sites is 1. The van der Waals surface area contributed by atoms with E-state index < -0.39 is 49.3 Å². The lowest BCUT2D eigenvalue weighted by atomic mass is 10.0. The molecule has 1 aliphatic heterocycles. The van der Waals surface area contributed by atoms with Crippen LogP contribution >= 0.6 is 0 Å². The van der Waals surface area contributed by atoms with Gasteiger partial charge in [0, 0.05) is 18.0 Å². The second-order valence-electron chi connectivity index (χ2n) is 12.9. The SMILES string of the molecule is CC(C)(C)OC[C@H]1O[C@@H](OCCc2cn(S(=O)(=O)c3ccccc3)c3ccccc23)[C@H](O[Si](c2ccccc2)c2ccccc2)C[C@H]1O. The van der Waals surface area contributed by atoms with Crippen molar-refractivity contribution in [1.29, 1.82) is 0 Å². The topological polar surface area (TPSA) is 96.2 Å². The predicted octanol–water partition coefficient (Wildman–Crippen LogP) is 4.92. The molecular weight excluding hydrogens is 643 g/mol. The summed E-state index contributed by atoms with van der Waals surface area (Å²) in [6.07, 6.45) is -0.321. The number of hydrogen-bond donors (Lipinski definition) is 1. The van der Waals surface area contributed by atoms with Gasteiger partial charge in [0.15, 0.2) is 6.29 Å². The molecule has 0 aliphatic carbocycles. The minimum Gasteiger partial charge on any atom is -0.399 e. The Kier molecular flexibility index (Phi) is 10.6. The van der Waals surface area contributed by atoms with E-state index >= 15 is 0 Å². The molecule has 1 saturated heterocycles. The number of hydrogen-bond acceptors (Lipinski definition) is 7. The molecule has 0 spiro atoms. The molecule has 1 N–H and O–H groups in total. The van der Waals surface area contributed by atoms with Crippen LogP contribution in [0.4, 0.5) is 0 Å². The molecule has 6 rings (SSSR count). The highest BCUT2D eigenvalue weighted by atomic mass is 32.2. The lowest BCUT2D eigenvalue weighted by molar-refractivity contribution is -0.271. The standard InChI is InChI=1S/C38H42NO7SSi/c1-38(2,3)44-27-36-34(40)25-35(46-48(30-17-9-5-10-18-30)31-19-11-6-12-20-31)37(45-36)43-24-23-28-26-39(33-22-14-13-21-32(28)33)47(41,42)29-15-7-4-8-16-29/h4-22,26,34-37,40H,23-25,27H2,1-3H3/t34-,35-,36-,37-/m1/s1. The Morgan fingerprint density at radius 3 is 2.06 bits per heavy atom. The molecule has 4 aromatic carbocycles. The molecule has 2 heterocycles. The van der Waals surface area contributed by atoms with E-state index in [1.54, 1.807) is 36.5 Å². The van der Waals surface area contributed by atoms with Crippen LogP contribution < -0.4 is 10.4 Å². The van der Waals surface area contributed by atoms with Crippen LogP contribution in [-0.4, -0.2) is 70.0 Å². The van der Waals surface area contributed by atoms with Gasteiger partial charge in [0.2, 0.25) is 0 Å². The first-order chi connectivity index (χ1) is 23.1. The van der Waals surface area contributed by atoms with Crippen LogP contribution in [0.15, 0.2) is 126 Å². The average molecular weight is 685 g/mol. The molecule has 4 atom stereocenters. The van der Waals surface area contributed by atoms with E-state index in [9.17, 15) is 13.5 Å². The van der Waals surface area contributed by atoms with Gasteiger partial charge in [-0.1, -0.05) is 97.1 Å². The monoisotopic (exact) mass is 684 g/mol. The van der Waals surface area contributed by atoms with E-state index in [1.165, 1.54) is 3.97 Å². The van der Waals surface area contributed by atoms with Crippen molar-refractivity contribution in [3.63, 3.8) is 0 Å². The summed E-state index contributed by atoms with van der Waals surface area (Å²) in [6, 6.07) is 36.1. The van der Waals surface area contributed by atoms with Crippen LogP contribution in [0.2, 0.25) is 0 Å². The highest BCUT2D eigenvalue weighted by Gasteiger charge is 2.41. The van der Waals surface area contributed by atoms with Crippen molar-refractivity contribution >= 4 is 40.3 Å². The first-order valence-corrected chi connectivity index (χ1v) is 19.1. The number of benzene rings is 4.